The number of halogens is 1. The molecule has 0 aliphatic heterocycles. The molecule has 0 heterocycles. The van der Waals surface area contributed by atoms with Gasteiger partial charge in [0.2, 0.25) is 0 Å². The molecule has 4 heteroatoms. The predicted octanol–water partition coefficient (Wildman–Crippen LogP) is 3.44. The molecule has 2 rings (SSSR count). The standard InChI is InChI=1S/C14H17ClN2O/c1-18-7-6-14(4-5-14)10-17-12-3-2-11(9-16)13(15)8-12/h2-3,8,17H,4-7,10H2,1H3. The van der Waals surface area contributed by atoms with E-state index in [2.05, 4.69) is 11.4 Å². The summed E-state index contributed by atoms with van der Waals surface area (Å²) < 4.78 is 5.13. The third-order valence-electron chi connectivity index (χ3n) is 3.55. The van der Waals surface area contributed by atoms with Crippen molar-refractivity contribution in [3.8, 4) is 6.07 Å². The van der Waals surface area contributed by atoms with Crippen LogP contribution in [0, 0.1) is 16.7 Å². The highest BCUT2D eigenvalue weighted by Crippen LogP contribution is 2.48. The lowest BCUT2D eigenvalue weighted by molar-refractivity contribution is 0.175. The van der Waals surface area contributed by atoms with Crippen molar-refractivity contribution >= 4 is 17.3 Å². The SMILES string of the molecule is COCCC1(CNc2ccc(C#N)c(Cl)c2)CC1. The Morgan fingerprint density at radius 2 is 2.28 bits per heavy atom. The Morgan fingerprint density at radius 1 is 1.50 bits per heavy atom. The first-order valence-electron chi connectivity index (χ1n) is 6.12. The van der Waals surface area contributed by atoms with Crippen LogP contribution in [0.5, 0.6) is 0 Å². The van der Waals surface area contributed by atoms with E-state index >= 15 is 0 Å². The Balaban J connectivity index is 1.91. The zero-order chi connectivity index (χ0) is 13.0. The molecule has 0 atom stereocenters. The van der Waals surface area contributed by atoms with Gasteiger partial charge in [-0.3, -0.25) is 0 Å². The molecule has 96 valence electrons. The average Bonchev–Trinajstić information content (AvgIpc) is 3.15. The second kappa shape index (κ2) is 5.60. The molecule has 1 fully saturated rings. The Kier molecular flexibility index (Phi) is 4.11. The fourth-order valence-electron chi connectivity index (χ4n) is 2.02. The summed E-state index contributed by atoms with van der Waals surface area (Å²) in [5, 5.41) is 12.7. The van der Waals surface area contributed by atoms with E-state index in [0.717, 1.165) is 25.3 Å². The number of nitriles is 1. The molecule has 0 radical (unpaired) electrons. The minimum atomic E-state index is 0.399. The van der Waals surface area contributed by atoms with Gasteiger partial charge in [-0.25, -0.2) is 0 Å². The quantitative estimate of drug-likeness (QED) is 0.856. The van der Waals surface area contributed by atoms with Crippen molar-refractivity contribution in [1.82, 2.24) is 0 Å². The second-order valence-corrected chi connectivity index (χ2v) is 5.31. The summed E-state index contributed by atoms with van der Waals surface area (Å²) in [5.74, 6) is 0. The zero-order valence-electron chi connectivity index (χ0n) is 10.5. The van der Waals surface area contributed by atoms with Crippen LogP contribution in [-0.2, 0) is 4.74 Å². The first-order chi connectivity index (χ1) is 8.69. The summed E-state index contributed by atoms with van der Waals surface area (Å²) in [6, 6.07) is 7.52. The van der Waals surface area contributed by atoms with Gasteiger partial charge in [0.25, 0.3) is 0 Å². The molecular formula is C14H17ClN2O. The molecule has 0 aromatic heterocycles. The van der Waals surface area contributed by atoms with Crippen molar-refractivity contribution < 1.29 is 4.74 Å². The summed E-state index contributed by atoms with van der Waals surface area (Å²) in [6.45, 7) is 1.76. The van der Waals surface area contributed by atoms with Crippen molar-refractivity contribution in [3.63, 3.8) is 0 Å². The fraction of sp³-hybridized carbons (Fsp3) is 0.500. The van der Waals surface area contributed by atoms with E-state index in [1.165, 1.54) is 12.8 Å². The highest BCUT2D eigenvalue weighted by atomic mass is 35.5. The van der Waals surface area contributed by atoms with Gasteiger partial charge in [-0.2, -0.15) is 5.26 Å². The number of methoxy groups -OCH3 is 1. The smallest absolute Gasteiger partial charge is 0.101 e. The van der Waals surface area contributed by atoms with E-state index in [-0.39, 0.29) is 0 Å². The van der Waals surface area contributed by atoms with Crippen molar-refractivity contribution in [2.45, 2.75) is 19.3 Å². The molecule has 3 nitrogen and oxygen atoms in total. The number of benzene rings is 1. The van der Waals surface area contributed by atoms with Crippen LogP contribution >= 0.6 is 11.6 Å². The maximum absolute atomic E-state index is 8.81. The largest absolute Gasteiger partial charge is 0.385 e. The second-order valence-electron chi connectivity index (χ2n) is 4.90. The summed E-state index contributed by atoms with van der Waals surface area (Å²) in [5.41, 5.74) is 1.89. The normalized spacial score (nSPS) is 16.1. The van der Waals surface area contributed by atoms with Crippen LogP contribution in [0.1, 0.15) is 24.8 Å². The molecule has 0 amide bonds. The van der Waals surface area contributed by atoms with E-state index in [0.29, 0.717) is 16.0 Å². The maximum atomic E-state index is 8.81. The topological polar surface area (TPSA) is 45.0 Å². The minimum absolute atomic E-state index is 0.399. The van der Waals surface area contributed by atoms with E-state index in [1.807, 2.05) is 12.1 Å². The number of nitrogens with one attached hydrogen (secondary N) is 1. The van der Waals surface area contributed by atoms with Gasteiger partial charge in [0.15, 0.2) is 0 Å². The highest BCUT2D eigenvalue weighted by Gasteiger charge is 2.41. The van der Waals surface area contributed by atoms with Crippen LogP contribution in [0.15, 0.2) is 18.2 Å². The van der Waals surface area contributed by atoms with E-state index in [4.69, 9.17) is 21.6 Å². The third-order valence-corrected chi connectivity index (χ3v) is 3.86. The number of rotatable bonds is 6. The molecule has 0 spiro atoms. The minimum Gasteiger partial charge on any atom is -0.385 e. The van der Waals surface area contributed by atoms with E-state index in [9.17, 15) is 0 Å². The fourth-order valence-corrected chi connectivity index (χ4v) is 2.24. The number of hydrogen-bond acceptors (Lipinski definition) is 3. The lowest BCUT2D eigenvalue weighted by Crippen LogP contribution is -2.17. The predicted molar refractivity (Wildman–Crippen MR) is 72.8 cm³/mol. The van der Waals surface area contributed by atoms with Crippen LogP contribution in [-0.4, -0.2) is 20.3 Å². The highest BCUT2D eigenvalue weighted by molar-refractivity contribution is 6.32. The van der Waals surface area contributed by atoms with Gasteiger partial charge in [-0.1, -0.05) is 11.6 Å². The molecule has 0 saturated heterocycles. The van der Waals surface area contributed by atoms with Crippen LogP contribution in [0.2, 0.25) is 5.02 Å². The van der Waals surface area contributed by atoms with Crippen molar-refractivity contribution in [1.29, 1.82) is 5.26 Å². The molecule has 1 aliphatic rings. The lowest BCUT2D eigenvalue weighted by atomic mass is 10.0. The molecule has 1 aliphatic carbocycles. The number of nitrogens with zero attached hydrogens (tertiary/aromatic N) is 1. The molecular weight excluding hydrogens is 248 g/mol. The molecule has 18 heavy (non-hydrogen) atoms. The van der Waals surface area contributed by atoms with Gasteiger partial charge in [-0.05, 0) is 42.9 Å². The Bertz CT molecular complexity index is 463. The van der Waals surface area contributed by atoms with Crippen LogP contribution in [0.3, 0.4) is 0 Å². The van der Waals surface area contributed by atoms with E-state index in [1.54, 1.807) is 13.2 Å². The zero-order valence-corrected chi connectivity index (χ0v) is 11.3. The Morgan fingerprint density at radius 3 is 2.83 bits per heavy atom. The summed E-state index contributed by atoms with van der Waals surface area (Å²) in [7, 11) is 1.74. The van der Waals surface area contributed by atoms with Gasteiger partial charge in [-0.15, -0.1) is 0 Å². The van der Waals surface area contributed by atoms with Crippen molar-refractivity contribution in [3.05, 3.63) is 28.8 Å². The van der Waals surface area contributed by atoms with Gasteiger partial charge in [0.05, 0.1) is 10.6 Å². The van der Waals surface area contributed by atoms with Gasteiger partial charge in [0.1, 0.15) is 6.07 Å². The van der Waals surface area contributed by atoms with E-state index < -0.39 is 0 Å². The summed E-state index contributed by atoms with van der Waals surface area (Å²) in [6.07, 6.45) is 3.61. The average molecular weight is 265 g/mol. The first kappa shape index (κ1) is 13.2. The van der Waals surface area contributed by atoms with Gasteiger partial charge < -0.3 is 10.1 Å². The lowest BCUT2D eigenvalue weighted by Gasteiger charge is -2.16. The van der Waals surface area contributed by atoms with Crippen LogP contribution in [0.25, 0.3) is 0 Å². The van der Waals surface area contributed by atoms with Gasteiger partial charge in [0, 0.05) is 25.9 Å². The number of hydrogen-bond donors (Lipinski definition) is 1. The third kappa shape index (κ3) is 3.16. The molecule has 1 aromatic rings. The van der Waals surface area contributed by atoms with Crippen LogP contribution in [0.4, 0.5) is 5.69 Å². The van der Waals surface area contributed by atoms with Crippen molar-refractivity contribution in [2.24, 2.45) is 5.41 Å². The molecule has 1 N–H and O–H groups in total. The van der Waals surface area contributed by atoms with Crippen molar-refractivity contribution in [2.75, 3.05) is 25.6 Å². The summed E-state index contributed by atoms with van der Waals surface area (Å²) >= 11 is 6.00. The summed E-state index contributed by atoms with van der Waals surface area (Å²) in [4.78, 5) is 0. The molecule has 0 unspecified atom stereocenters. The van der Waals surface area contributed by atoms with Crippen LogP contribution < -0.4 is 5.32 Å². The Labute approximate surface area is 113 Å². The first-order valence-corrected chi connectivity index (χ1v) is 6.49. The van der Waals surface area contributed by atoms with Gasteiger partial charge >= 0.3 is 0 Å². The molecule has 1 saturated carbocycles. The molecule has 1 aromatic carbocycles. The molecule has 0 bridgehead atoms. The number of ether oxygens (including phenoxy) is 1. The number of anilines is 1. The Hall–Kier alpha value is -1.24. The monoisotopic (exact) mass is 264 g/mol. The maximum Gasteiger partial charge on any atom is 0.101 e.